The van der Waals surface area contributed by atoms with Crippen molar-refractivity contribution in [3.05, 3.63) is 29.8 Å². The number of likely N-dealkylation sites (tertiary alicyclic amines) is 1. The summed E-state index contributed by atoms with van der Waals surface area (Å²) < 4.78 is 5.16. The third kappa shape index (κ3) is 3.19. The Kier molecular flexibility index (Phi) is 4.35. The number of rotatable bonds is 3. The van der Waals surface area contributed by atoms with E-state index in [1.165, 1.54) is 11.3 Å². The zero-order valence-electron chi connectivity index (χ0n) is 15.9. The highest BCUT2D eigenvalue weighted by Crippen LogP contribution is 2.37. The molecule has 4 heterocycles. The zero-order valence-corrected chi connectivity index (χ0v) is 16.7. The minimum atomic E-state index is -0.0901. The Bertz CT molecular complexity index is 1040. The summed E-state index contributed by atoms with van der Waals surface area (Å²) in [6, 6.07) is 7.62. The van der Waals surface area contributed by atoms with E-state index in [0.29, 0.717) is 13.1 Å². The summed E-state index contributed by atoms with van der Waals surface area (Å²) in [7, 11) is 1.62. The second kappa shape index (κ2) is 7.03. The Labute approximate surface area is 171 Å². The van der Waals surface area contributed by atoms with Gasteiger partial charge in [0.15, 0.2) is 10.6 Å². The van der Waals surface area contributed by atoms with Gasteiger partial charge in [0, 0.05) is 30.9 Å². The second-order valence-corrected chi connectivity index (χ2v) is 8.10. The number of carbonyl (C=O) groups is 1. The fourth-order valence-corrected chi connectivity index (χ4v) is 4.89. The lowest BCUT2D eigenvalue weighted by atomic mass is 10.2. The van der Waals surface area contributed by atoms with Gasteiger partial charge in [-0.3, -0.25) is 0 Å². The van der Waals surface area contributed by atoms with Crippen LogP contribution in [-0.4, -0.2) is 58.2 Å². The molecule has 9 nitrogen and oxygen atoms in total. The van der Waals surface area contributed by atoms with E-state index >= 15 is 0 Å². The number of benzene rings is 1. The summed E-state index contributed by atoms with van der Waals surface area (Å²) in [6.45, 7) is 1.27. The molecule has 2 aliphatic rings. The lowest BCUT2D eigenvalue weighted by molar-refractivity contribution is 0.197. The molecule has 1 aromatic carbocycles. The molecular weight excluding hydrogens is 390 g/mol. The SMILES string of the molecule is COc1ccc(NC(=O)N2CC3CCC(C2)N3c2nc(N)nc3scnc23)cc1. The average molecular weight is 411 g/mol. The van der Waals surface area contributed by atoms with Crippen LogP contribution in [0.5, 0.6) is 5.75 Å². The number of anilines is 3. The van der Waals surface area contributed by atoms with Gasteiger partial charge in [0.1, 0.15) is 11.3 Å². The van der Waals surface area contributed by atoms with Crippen molar-refractivity contribution in [3.63, 3.8) is 0 Å². The van der Waals surface area contributed by atoms with Crippen molar-refractivity contribution in [1.82, 2.24) is 19.9 Å². The van der Waals surface area contributed by atoms with Gasteiger partial charge >= 0.3 is 6.03 Å². The van der Waals surface area contributed by atoms with Gasteiger partial charge in [0.05, 0.1) is 12.6 Å². The molecule has 2 aliphatic heterocycles. The monoisotopic (exact) mass is 411 g/mol. The fraction of sp³-hybridized carbons (Fsp3) is 0.368. The van der Waals surface area contributed by atoms with Crippen LogP contribution < -0.4 is 20.7 Å². The van der Waals surface area contributed by atoms with Gasteiger partial charge in [-0.05, 0) is 37.1 Å². The molecule has 5 rings (SSSR count). The second-order valence-electron chi connectivity index (χ2n) is 7.27. The smallest absolute Gasteiger partial charge is 0.321 e. The number of nitrogens with two attached hydrogens (primary N) is 1. The van der Waals surface area contributed by atoms with Gasteiger partial charge in [-0.25, -0.2) is 14.8 Å². The van der Waals surface area contributed by atoms with Crippen molar-refractivity contribution in [2.75, 3.05) is 36.1 Å². The first kappa shape index (κ1) is 17.9. The van der Waals surface area contributed by atoms with Crippen LogP contribution in [0.25, 0.3) is 10.3 Å². The number of piperazine rings is 1. The quantitative estimate of drug-likeness (QED) is 0.682. The van der Waals surface area contributed by atoms with E-state index in [9.17, 15) is 4.79 Å². The number of nitrogens with zero attached hydrogens (tertiary/aromatic N) is 5. The van der Waals surface area contributed by atoms with E-state index in [4.69, 9.17) is 10.5 Å². The number of nitrogens with one attached hydrogen (secondary N) is 1. The molecule has 0 saturated carbocycles. The normalized spacial score (nSPS) is 20.9. The number of amides is 2. The topological polar surface area (TPSA) is 110 Å². The standard InChI is InChI=1S/C19H21N7O2S/c1-28-14-6-2-11(3-7-14)22-19(27)25-8-12-4-5-13(9-25)26(12)16-15-17(29-10-21-15)24-18(20)23-16/h2-3,6-7,10,12-13H,4-5,8-9H2,1H3,(H,22,27)(H2,20,23,24). The van der Waals surface area contributed by atoms with E-state index in [-0.39, 0.29) is 24.1 Å². The highest BCUT2D eigenvalue weighted by atomic mass is 32.1. The first-order chi connectivity index (χ1) is 14.1. The van der Waals surface area contributed by atoms with Gasteiger partial charge in [-0.2, -0.15) is 4.98 Å². The molecule has 0 spiro atoms. The molecule has 0 radical (unpaired) electrons. The van der Waals surface area contributed by atoms with Crippen molar-refractivity contribution in [2.45, 2.75) is 24.9 Å². The van der Waals surface area contributed by atoms with Gasteiger partial charge in [-0.15, -0.1) is 11.3 Å². The van der Waals surface area contributed by atoms with E-state index in [0.717, 1.165) is 40.4 Å². The summed E-state index contributed by atoms with van der Waals surface area (Å²) in [6.07, 6.45) is 2.01. The highest BCUT2D eigenvalue weighted by molar-refractivity contribution is 7.16. The molecule has 2 fully saturated rings. The minimum Gasteiger partial charge on any atom is -0.497 e. The number of carbonyl (C=O) groups excluding carboxylic acids is 1. The number of ether oxygens (including phenoxy) is 1. The van der Waals surface area contributed by atoms with Crippen LogP contribution in [0.3, 0.4) is 0 Å². The Morgan fingerprint density at radius 2 is 1.93 bits per heavy atom. The maximum absolute atomic E-state index is 12.8. The van der Waals surface area contributed by atoms with Crippen molar-refractivity contribution in [1.29, 1.82) is 0 Å². The number of fused-ring (bicyclic) bond motifs is 3. The van der Waals surface area contributed by atoms with Gasteiger partial charge in [0.25, 0.3) is 0 Å². The molecule has 10 heteroatoms. The minimum absolute atomic E-state index is 0.0901. The predicted octanol–water partition coefficient (Wildman–Crippen LogP) is 2.56. The van der Waals surface area contributed by atoms with E-state index < -0.39 is 0 Å². The van der Waals surface area contributed by atoms with E-state index in [1.807, 2.05) is 29.2 Å². The first-order valence-electron chi connectivity index (χ1n) is 9.47. The van der Waals surface area contributed by atoms with Crippen LogP contribution >= 0.6 is 11.3 Å². The molecule has 2 aromatic heterocycles. The van der Waals surface area contributed by atoms with Gasteiger partial charge in [-0.1, -0.05) is 0 Å². The number of nitrogen functional groups attached to an aromatic ring is 1. The molecular formula is C19H21N7O2S. The summed E-state index contributed by atoms with van der Waals surface area (Å²) >= 11 is 1.46. The van der Waals surface area contributed by atoms with Crippen LogP contribution in [0, 0.1) is 0 Å². The predicted molar refractivity (Wildman–Crippen MR) is 112 cm³/mol. The van der Waals surface area contributed by atoms with Gasteiger partial charge < -0.3 is 25.6 Å². The first-order valence-corrected chi connectivity index (χ1v) is 10.4. The van der Waals surface area contributed by atoms with Crippen LogP contribution in [0.15, 0.2) is 29.8 Å². The maximum Gasteiger partial charge on any atom is 0.321 e. The van der Waals surface area contributed by atoms with Crippen molar-refractivity contribution >= 4 is 45.2 Å². The fourth-order valence-electron chi connectivity index (χ4n) is 4.23. The van der Waals surface area contributed by atoms with Crippen molar-refractivity contribution < 1.29 is 9.53 Å². The molecule has 2 saturated heterocycles. The molecule has 3 aromatic rings. The summed E-state index contributed by atoms with van der Waals surface area (Å²) in [4.78, 5) is 31.0. The molecule has 2 bridgehead atoms. The molecule has 150 valence electrons. The largest absolute Gasteiger partial charge is 0.497 e. The van der Waals surface area contributed by atoms with Crippen LogP contribution in [0.4, 0.5) is 22.2 Å². The highest BCUT2D eigenvalue weighted by Gasteiger charge is 2.43. The third-order valence-electron chi connectivity index (χ3n) is 5.55. The number of hydrogen-bond donors (Lipinski definition) is 2. The number of methoxy groups -OCH3 is 1. The Morgan fingerprint density at radius 1 is 1.21 bits per heavy atom. The lowest BCUT2D eigenvalue weighted by Gasteiger charge is -2.41. The third-order valence-corrected chi connectivity index (χ3v) is 6.27. The van der Waals surface area contributed by atoms with Crippen LogP contribution in [0.2, 0.25) is 0 Å². The zero-order chi connectivity index (χ0) is 20.0. The van der Waals surface area contributed by atoms with E-state index in [1.54, 1.807) is 12.6 Å². The Morgan fingerprint density at radius 3 is 2.62 bits per heavy atom. The number of aromatic nitrogens is 3. The summed E-state index contributed by atoms with van der Waals surface area (Å²) in [5.74, 6) is 1.81. The molecule has 2 atom stereocenters. The van der Waals surface area contributed by atoms with Crippen molar-refractivity contribution in [3.8, 4) is 5.75 Å². The molecule has 3 N–H and O–H groups in total. The Hall–Kier alpha value is -3.14. The lowest BCUT2D eigenvalue weighted by Crippen LogP contribution is -2.56. The van der Waals surface area contributed by atoms with E-state index in [2.05, 4.69) is 25.2 Å². The van der Waals surface area contributed by atoms with Crippen LogP contribution in [-0.2, 0) is 0 Å². The molecule has 29 heavy (non-hydrogen) atoms. The number of urea groups is 1. The van der Waals surface area contributed by atoms with Gasteiger partial charge in [0.2, 0.25) is 5.95 Å². The van der Waals surface area contributed by atoms with Crippen molar-refractivity contribution in [2.24, 2.45) is 0 Å². The average Bonchev–Trinajstić information content (AvgIpc) is 3.29. The molecule has 2 amide bonds. The summed E-state index contributed by atoms with van der Waals surface area (Å²) in [5.41, 5.74) is 9.23. The maximum atomic E-state index is 12.8. The number of hydrogen-bond acceptors (Lipinski definition) is 8. The Balaban J connectivity index is 1.34. The molecule has 2 unspecified atom stereocenters. The van der Waals surface area contributed by atoms with Crippen LogP contribution in [0.1, 0.15) is 12.8 Å². The molecule has 0 aliphatic carbocycles. The summed E-state index contributed by atoms with van der Waals surface area (Å²) in [5, 5.41) is 2.98. The number of thiazole rings is 1.